The van der Waals surface area contributed by atoms with Crippen LogP contribution in [0.4, 0.5) is 0 Å². The first kappa shape index (κ1) is 13.3. The minimum Gasteiger partial charge on any atom is -0.355 e. The molecule has 0 saturated carbocycles. The third-order valence-electron chi connectivity index (χ3n) is 2.81. The molecule has 100 valence electrons. The van der Waals surface area contributed by atoms with Gasteiger partial charge in [0.25, 0.3) is 5.91 Å². The van der Waals surface area contributed by atoms with Crippen molar-refractivity contribution in [1.29, 1.82) is 0 Å². The number of aromatic nitrogens is 1. The predicted octanol–water partition coefficient (Wildman–Crippen LogP) is 3.12. The predicted molar refractivity (Wildman–Crippen MR) is 73.7 cm³/mol. The molecule has 0 spiro atoms. The highest BCUT2D eigenvalue weighted by Crippen LogP contribution is 2.19. The molecule has 0 aliphatic rings. The third kappa shape index (κ3) is 3.68. The second kappa shape index (κ2) is 6.18. The van der Waals surface area contributed by atoms with E-state index in [2.05, 4.69) is 24.3 Å². The number of rotatable bonds is 5. The van der Waals surface area contributed by atoms with Crippen LogP contribution in [0.5, 0.6) is 0 Å². The number of amides is 1. The molecule has 1 N–H and O–H groups in total. The molecule has 0 aliphatic heterocycles. The summed E-state index contributed by atoms with van der Waals surface area (Å²) in [5.74, 6) is 0.985. The van der Waals surface area contributed by atoms with E-state index < -0.39 is 0 Å². The summed E-state index contributed by atoms with van der Waals surface area (Å²) < 4.78 is 5.19. The monoisotopic (exact) mass is 258 g/mol. The number of carbonyl (C=O) groups excluding carboxylic acids is 1. The van der Waals surface area contributed by atoms with E-state index in [4.69, 9.17) is 4.52 Å². The summed E-state index contributed by atoms with van der Waals surface area (Å²) in [6, 6.07) is 11.3. The topological polar surface area (TPSA) is 55.1 Å². The number of hydrogen-bond donors (Lipinski definition) is 1. The second-order valence-electron chi connectivity index (χ2n) is 4.88. The normalized spacial score (nSPS) is 10.7. The first-order valence-electron chi connectivity index (χ1n) is 6.47. The Morgan fingerprint density at radius 1 is 1.32 bits per heavy atom. The molecule has 1 aromatic heterocycles. The lowest BCUT2D eigenvalue weighted by molar-refractivity contribution is 0.0943. The highest BCUT2D eigenvalue weighted by Gasteiger charge is 2.13. The Labute approximate surface area is 112 Å². The Kier molecular flexibility index (Phi) is 4.34. The van der Waals surface area contributed by atoms with E-state index in [1.54, 1.807) is 6.07 Å². The van der Waals surface area contributed by atoms with Crippen LogP contribution in [0.3, 0.4) is 0 Å². The SMILES string of the molecule is CC(C)CCNC(=O)c1cc(-c2ccccc2)on1. The van der Waals surface area contributed by atoms with Crippen LogP contribution in [-0.2, 0) is 0 Å². The van der Waals surface area contributed by atoms with Crippen molar-refractivity contribution in [2.24, 2.45) is 5.92 Å². The fourth-order valence-corrected chi connectivity index (χ4v) is 1.69. The number of nitrogens with one attached hydrogen (secondary N) is 1. The Morgan fingerprint density at radius 3 is 2.74 bits per heavy atom. The van der Waals surface area contributed by atoms with Gasteiger partial charge in [-0.15, -0.1) is 0 Å². The van der Waals surface area contributed by atoms with Crippen molar-refractivity contribution in [2.75, 3.05) is 6.54 Å². The van der Waals surface area contributed by atoms with E-state index in [0.29, 0.717) is 23.9 Å². The van der Waals surface area contributed by atoms with Crippen LogP contribution in [0.15, 0.2) is 40.9 Å². The molecule has 0 atom stereocenters. The summed E-state index contributed by atoms with van der Waals surface area (Å²) in [5.41, 5.74) is 1.24. The van der Waals surface area contributed by atoms with E-state index in [0.717, 1.165) is 12.0 Å². The van der Waals surface area contributed by atoms with Crippen molar-refractivity contribution in [3.05, 3.63) is 42.1 Å². The van der Waals surface area contributed by atoms with Crippen LogP contribution < -0.4 is 5.32 Å². The molecule has 2 aromatic rings. The van der Waals surface area contributed by atoms with Gasteiger partial charge < -0.3 is 9.84 Å². The molecule has 0 aliphatic carbocycles. The van der Waals surface area contributed by atoms with Crippen LogP contribution in [0, 0.1) is 5.92 Å². The molecule has 4 heteroatoms. The Hall–Kier alpha value is -2.10. The molecule has 0 bridgehead atoms. The lowest BCUT2D eigenvalue weighted by atomic mass is 10.1. The number of hydrogen-bond acceptors (Lipinski definition) is 3. The molecule has 0 radical (unpaired) electrons. The second-order valence-corrected chi connectivity index (χ2v) is 4.88. The van der Waals surface area contributed by atoms with Crippen molar-refractivity contribution in [1.82, 2.24) is 10.5 Å². The Morgan fingerprint density at radius 2 is 2.05 bits per heavy atom. The number of nitrogens with zero attached hydrogens (tertiary/aromatic N) is 1. The summed E-state index contributed by atoms with van der Waals surface area (Å²) in [6.45, 7) is 4.90. The first-order valence-corrected chi connectivity index (χ1v) is 6.47. The summed E-state index contributed by atoms with van der Waals surface area (Å²) in [7, 11) is 0. The average molecular weight is 258 g/mol. The molecule has 19 heavy (non-hydrogen) atoms. The highest BCUT2D eigenvalue weighted by atomic mass is 16.5. The van der Waals surface area contributed by atoms with Crippen molar-refractivity contribution >= 4 is 5.91 Å². The van der Waals surface area contributed by atoms with Crippen LogP contribution in [-0.4, -0.2) is 17.6 Å². The van der Waals surface area contributed by atoms with Crippen molar-refractivity contribution in [3.63, 3.8) is 0 Å². The maximum absolute atomic E-state index is 11.8. The molecule has 1 aromatic carbocycles. The van der Waals surface area contributed by atoms with Gasteiger partial charge in [0.2, 0.25) is 0 Å². The van der Waals surface area contributed by atoms with Gasteiger partial charge in [-0.25, -0.2) is 0 Å². The van der Waals surface area contributed by atoms with Gasteiger partial charge in [0.05, 0.1) is 0 Å². The first-order chi connectivity index (χ1) is 9.16. The summed E-state index contributed by atoms with van der Waals surface area (Å²) in [4.78, 5) is 11.8. The summed E-state index contributed by atoms with van der Waals surface area (Å²) >= 11 is 0. The standard InChI is InChI=1S/C15H18N2O2/c1-11(2)8-9-16-15(18)13-10-14(19-17-13)12-6-4-3-5-7-12/h3-7,10-11H,8-9H2,1-2H3,(H,16,18). The van der Waals surface area contributed by atoms with Crippen molar-refractivity contribution in [3.8, 4) is 11.3 Å². The average Bonchev–Trinajstić information content (AvgIpc) is 2.89. The molecular formula is C15H18N2O2. The van der Waals surface area contributed by atoms with Crippen LogP contribution >= 0.6 is 0 Å². The van der Waals surface area contributed by atoms with E-state index in [-0.39, 0.29) is 5.91 Å². The van der Waals surface area contributed by atoms with Gasteiger partial charge in [0.1, 0.15) is 0 Å². The molecule has 0 fully saturated rings. The van der Waals surface area contributed by atoms with Gasteiger partial charge >= 0.3 is 0 Å². The van der Waals surface area contributed by atoms with Crippen molar-refractivity contribution < 1.29 is 9.32 Å². The fraction of sp³-hybridized carbons (Fsp3) is 0.333. The molecule has 1 amide bonds. The third-order valence-corrected chi connectivity index (χ3v) is 2.81. The van der Waals surface area contributed by atoms with Gasteiger partial charge in [0.15, 0.2) is 11.5 Å². The van der Waals surface area contributed by atoms with E-state index in [1.165, 1.54) is 0 Å². The minimum absolute atomic E-state index is 0.188. The maximum atomic E-state index is 11.8. The minimum atomic E-state index is -0.188. The van der Waals surface area contributed by atoms with Gasteiger partial charge in [-0.2, -0.15) is 0 Å². The lowest BCUT2D eigenvalue weighted by Gasteiger charge is -2.04. The smallest absolute Gasteiger partial charge is 0.273 e. The van der Waals surface area contributed by atoms with E-state index in [9.17, 15) is 4.79 Å². The lowest BCUT2D eigenvalue weighted by Crippen LogP contribution is -2.25. The molecule has 2 rings (SSSR count). The number of carbonyl (C=O) groups is 1. The zero-order chi connectivity index (χ0) is 13.7. The maximum Gasteiger partial charge on any atom is 0.273 e. The molecular weight excluding hydrogens is 240 g/mol. The summed E-state index contributed by atoms with van der Waals surface area (Å²) in [5, 5.41) is 6.64. The fourth-order valence-electron chi connectivity index (χ4n) is 1.69. The van der Waals surface area contributed by atoms with Gasteiger partial charge in [-0.3, -0.25) is 4.79 Å². The zero-order valence-corrected chi connectivity index (χ0v) is 11.2. The quantitative estimate of drug-likeness (QED) is 0.896. The highest BCUT2D eigenvalue weighted by molar-refractivity contribution is 5.93. The number of benzene rings is 1. The van der Waals surface area contributed by atoms with Crippen molar-refractivity contribution in [2.45, 2.75) is 20.3 Å². The molecule has 1 heterocycles. The Balaban J connectivity index is 1.99. The zero-order valence-electron chi connectivity index (χ0n) is 11.2. The molecule has 0 saturated heterocycles. The van der Waals surface area contributed by atoms with Crippen LogP contribution in [0.25, 0.3) is 11.3 Å². The summed E-state index contributed by atoms with van der Waals surface area (Å²) in [6.07, 6.45) is 0.954. The molecule has 0 unspecified atom stereocenters. The van der Waals surface area contributed by atoms with Crippen LogP contribution in [0.2, 0.25) is 0 Å². The largest absolute Gasteiger partial charge is 0.355 e. The van der Waals surface area contributed by atoms with Gasteiger partial charge in [0, 0.05) is 18.2 Å². The molecule has 4 nitrogen and oxygen atoms in total. The Bertz CT molecular complexity index is 532. The van der Waals surface area contributed by atoms with E-state index in [1.807, 2.05) is 30.3 Å². The van der Waals surface area contributed by atoms with Gasteiger partial charge in [-0.05, 0) is 12.3 Å². The van der Waals surface area contributed by atoms with Gasteiger partial charge in [-0.1, -0.05) is 49.3 Å². The van der Waals surface area contributed by atoms with Crippen LogP contribution in [0.1, 0.15) is 30.8 Å². The van der Waals surface area contributed by atoms with E-state index >= 15 is 0 Å².